The third kappa shape index (κ3) is 4.00. The first-order valence-corrected chi connectivity index (χ1v) is 6.46. The number of hydrogen-bond donors (Lipinski definition) is 2. The van der Waals surface area contributed by atoms with E-state index in [1.165, 1.54) is 12.8 Å². The van der Waals surface area contributed by atoms with Gasteiger partial charge in [-0.1, -0.05) is 13.3 Å². The second-order valence-electron chi connectivity index (χ2n) is 4.62. The van der Waals surface area contributed by atoms with Gasteiger partial charge in [-0.2, -0.15) is 0 Å². The second kappa shape index (κ2) is 6.74. The monoisotopic (exact) mass is 227 g/mol. The molecule has 0 aromatic heterocycles. The van der Waals surface area contributed by atoms with Crippen LogP contribution in [0, 0.1) is 0 Å². The number of rotatable bonds is 5. The van der Waals surface area contributed by atoms with Crippen LogP contribution in [0.2, 0.25) is 0 Å². The molecule has 1 aliphatic heterocycles. The summed E-state index contributed by atoms with van der Waals surface area (Å²) < 4.78 is 0. The quantitative estimate of drug-likeness (QED) is 0.749. The Balaban J connectivity index is 2.26. The molecule has 16 heavy (non-hydrogen) atoms. The first-order chi connectivity index (χ1) is 7.67. The van der Waals surface area contributed by atoms with Gasteiger partial charge in [-0.25, -0.2) is 4.79 Å². The summed E-state index contributed by atoms with van der Waals surface area (Å²) in [6.45, 7) is 8.81. The minimum absolute atomic E-state index is 0.0787. The van der Waals surface area contributed by atoms with Gasteiger partial charge in [-0.3, -0.25) is 0 Å². The van der Waals surface area contributed by atoms with E-state index in [4.69, 9.17) is 0 Å². The van der Waals surface area contributed by atoms with Crippen molar-refractivity contribution in [1.29, 1.82) is 0 Å². The van der Waals surface area contributed by atoms with Crippen molar-refractivity contribution in [3.8, 4) is 0 Å². The molecule has 0 bridgehead atoms. The lowest BCUT2D eigenvalue weighted by Crippen LogP contribution is -2.42. The number of nitrogens with zero attached hydrogens (tertiary/aromatic N) is 1. The topological polar surface area (TPSA) is 44.4 Å². The third-order valence-electron chi connectivity index (χ3n) is 3.05. The van der Waals surface area contributed by atoms with Crippen molar-refractivity contribution in [2.75, 3.05) is 19.6 Å². The van der Waals surface area contributed by atoms with Gasteiger partial charge in [-0.15, -0.1) is 0 Å². The maximum absolute atomic E-state index is 11.6. The van der Waals surface area contributed by atoms with E-state index in [9.17, 15) is 4.79 Å². The molecule has 1 fully saturated rings. The third-order valence-corrected chi connectivity index (χ3v) is 3.05. The van der Waals surface area contributed by atoms with Crippen molar-refractivity contribution in [1.82, 2.24) is 15.5 Å². The summed E-state index contributed by atoms with van der Waals surface area (Å²) in [5.41, 5.74) is 0. The summed E-state index contributed by atoms with van der Waals surface area (Å²) in [6.07, 6.45) is 3.49. The molecular formula is C12H25N3O. The molecule has 1 saturated heterocycles. The van der Waals surface area contributed by atoms with E-state index in [1.54, 1.807) is 0 Å². The molecular weight excluding hydrogens is 202 g/mol. The molecule has 0 spiro atoms. The van der Waals surface area contributed by atoms with Crippen molar-refractivity contribution in [3.05, 3.63) is 0 Å². The van der Waals surface area contributed by atoms with Crippen LogP contribution >= 0.6 is 0 Å². The van der Waals surface area contributed by atoms with Crippen LogP contribution in [-0.2, 0) is 0 Å². The average Bonchev–Trinajstić information content (AvgIpc) is 2.67. The maximum Gasteiger partial charge on any atom is 0.317 e. The zero-order valence-electron chi connectivity index (χ0n) is 10.8. The highest BCUT2D eigenvalue weighted by Crippen LogP contribution is 2.10. The van der Waals surface area contributed by atoms with Crippen LogP contribution in [0.4, 0.5) is 4.79 Å². The minimum Gasteiger partial charge on any atom is -0.338 e. The SMILES string of the molecule is CCCC(C)NC1CCN(C(=O)NCC)C1. The Morgan fingerprint density at radius 2 is 2.25 bits per heavy atom. The van der Waals surface area contributed by atoms with Crippen LogP contribution in [0.25, 0.3) is 0 Å². The molecule has 2 N–H and O–H groups in total. The van der Waals surface area contributed by atoms with Crippen molar-refractivity contribution in [2.45, 2.75) is 52.1 Å². The summed E-state index contributed by atoms with van der Waals surface area (Å²) in [5, 5.41) is 6.43. The van der Waals surface area contributed by atoms with Gasteiger partial charge in [0.1, 0.15) is 0 Å². The number of likely N-dealkylation sites (tertiary alicyclic amines) is 1. The van der Waals surface area contributed by atoms with Gasteiger partial charge in [0.25, 0.3) is 0 Å². The van der Waals surface area contributed by atoms with Crippen LogP contribution in [0.15, 0.2) is 0 Å². The fourth-order valence-electron chi connectivity index (χ4n) is 2.26. The van der Waals surface area contributed by atoms with Gasteiger partial charge in [0, 0.05) is 31.7 Å². The molecule has 2 unspecified atom stereocenters. The Bertz CT molecular complexity index is 220. The van der Waals surface area contributed by atoms with Crippen molar-refractivity contribution >= 4 is 6.03 Å². The summed E-state index contributed by atoms with van der Waals surface area (Å²) in [5.74, 6) is 0. The number of amides is 2. The molecule has 1 aliphatic rings. The van der Waals surface area contributed by atoms with E-state index in [0.717, 1.165) is 19.5 Å². The molecule has 4 nitrogen and oxygen atoms in total. The van der Waals surface area contributed by atoms with Crippen LogP contribution in [-0.4, -0.2) is 42.6 Å². The smallest absolute Gasteiger partial charge is 0.317 e. The number of nitrogens with one attached hydrogen (secondary N) is 2. The molecule has 0 aliphatic carbocycles. The lowest BCUT2D eigenvalue weighted by atomic mass is 10.1. The summed E-state index contributed by atoms with van der Waals surface area (Å²) in [7, 11) is 0. The maximum atomic E-state index is 11.6. The zero-order chi connectivity index (χ0) is 12.0. The molecule has 0 radical (unpaired) electrons. The number of carbonyl (C=O) groups is 1. The fraction of sp³-hybridized carbons (Fsp3) is 0.917. The van der Waals surface area contributed by atoms with Gasteiger partial charge in [-0.05, 0) is 26.7 Å². The van der Waals surface area contributed by atoms with E-state index in [1.807, 2.05) is 11.8 Å². The Hall–Kier alpha value is -0.770. The minimum atomic E-state index is 0.0787. The molecule has 1 heterocycles. The van der Waals surface area contributed by atoms with Crippen molar-refractivity contribution in [3.63, 3.8) is 0 Å². The highest BCUT2D eigenvalue weighted by molar-refractivity contribution is 5.74. The zero-order valence-corrected chi connectivity index (χ0v) is 10.8. The molecule has 0 saturated carbocycles. The Morgan fingerprint density at radius 3 is 2.88 bits per heavy atom. The molecule has 2 atom stereocenters. The standard InChI is InChI=1S/C12H25N3O/c1-4-6-10(3)14-11-7-8-15(9-11)12(16)13-5-2/h10-11,14H,4-9H2,1-3H3,(H,13,16). The second-order valence-corrected chi connectivity index (χ2v) is 4.62. The fourth-order valence-corrected chi connectivity index (χ4v) is 2.26. The summed E-state index contributed by atoms with van der Waals surface area (Å²) in [4.78, 5) is 13.5. The number of hydrogen-bond acceptors (Lipinski definition) is 2. The number of urea groups is 1. The van der Waals surface area contributed by atoms with E-state index >= 15 is 0 Å². The Kier molecular flexibility index (Phi) is 5.60. The molecule has 0 aromatic rings. The normalized spacial score (nSPS) is 22.2. The van der Waals surface area contributed by atoms with Gasteiger partial charge < -0.3 is 15.5 Å². The van der Waals surface area contributed by atoms with Gasteiger partial charge >= 0.3 is 6.03 Å². The van der Waals surface area contributed by atoms with Gasteiger partial charge in [0.15, 0.2) is 0 Å². The van der Waals surface area contributed by atoms with Crippen LogP contribution < -0.4 is 10.6 Å². The highest BCUT2D eigenvalue weighted by atomic mass is 16.2. The molecule has 94 valence electrons. The van der Waals surface area contributed by atoms with E-state index in [2.05, 4.69) is 24.5 Å². The first kappa shape index (κ1) is 13.3. The van der Waals surface area contributed by atoms with Crippen LogP contribution in [0.5, 0.6) is 0 Å². The Labute approximate surface area is 98.8 Å². The van der Waals surface area contributed by atoms with Crippen LogP contribution in [0.1, 0.15) is 40.0 Å². The van der Waals surface area contributed by atoms with Crippen molar-refractivity contribution < 1.29 is 4.79 Å². The lowest BCUT2D eigenvalue weighted by Gasteiger charge is -2.20. The lowest BCUT2D eigenvalue weighted by molar-refractivity contribution is 0.208. The molecule has 0 aromatic carbocycles. The van der Waals surface area contributed by atoms with Gasteiger partial charge in [0.05, 0.1) is 0 Å². The predicted molar refractivity (Wildman–Crippen MR) is 66.6 cm³/mol. The average molecular weight is 227 g/mol. The summed E-state index contributed by atoms with van der Waals surface area (Å²) >= 11 is 0. The molecule has 4 heteroatoms. The van der Waals surface area contributed by atoms with Crippen molar-refractivity contribution in [2.24, 2.45) is 0 Å². The Morgan fingerprint density at radius 1 is 1.50 bits per heavy atom. The largest absolute Gasteiger partial charge is 0.338 e. The van der Waals surface area contributed by atoms with Crippen LogP contribution in [0.3, 0.4) is 0 Å². The highest BCUT2D eigenvalue weighted by Gasteiger charge is 2.26. The summed E-state index contributed by atoms with van der Waals surface area (Å²) in [6, 6.07) is 1.11. The predicted octanol–water partition coefficient (Wildman–Crippen LogP) is 1.57. The van der Waals surface area contributed by atoms with E-state index in [0.29, 0.717) is 18.6 Å². The number of carbonyl (C=O) groups excluding carboxylic acids is 1. The first-order valence-electron chi connectivity index (χ1n) is 6.46. The van der Waals surface area contributed by atoms with E-state index < -0.39 is 0 Å². The van der Waals surface area contributed by atoms with Gasteiger partial charge in [0.2, 0.25) is 0 Å². The molecule has 2 amide bonds. The van der Waals surface area contributed by atoms with E-state index in [-0.39, 0.29) is 6.03 Å². The molecule has 1 rings (SSSR count).